The molecule has 21 heavy (non-hydrogen) atoms. The highest BCUT2D eigenvalue weighted by atomic mass is 16.3. The van der Waals surface area contributed by atoms with E-state index in [-0.39, 0.29) is 18.1 Å². The van der Waals surface area contributed by atoms with Crippen molar-refractivity contribution in [2.24, 2.45) is 5.41 Å². The fourth-order valence-electron chi connectivity index (χ4n) is 3.28. The number of hydrogen-bond donors (Lipinski definition) is 2. The second kappa shape index (κ2) is 7.45. The number of carbonyl (C=O) groups excluding carboxylic acids is 1. The summed E-state index contributed by atoms with van der Waals surface area (Å²) in [6.07, 6.45) is 5.58. The molecule has 2 saturated heterocycles. The van der Waals surface area contributed by atoms with Crippen molar-refractivity contribution >= 4 is 6.03 Å². The lowest BCUT2D eigenvalue weighted by molar-refractivity contribution is 0.147. The molecule has 0 spiro atoms. The number of rotatable bonds is 6. The summed E-state index contributed by atoms with van der Waals surface area (Å²) < 4.78 is 0. The molecule has 2 aliphatic rings. The van der Waals surface area contributed by atoms with E-state index < -0.39 is 0 Å². The van der Waals surface area contributed by atoms with Crippen LogP contribution in [0.2, 0.25) is 0 Å². The number of urea groups is 1. The van der Waals surface area contributed by atoms with Gasteiger partial charge in [0.2, 0.25) is 0 Å². The predicted molar refractivity (Wildman–Crippen MR) is 84.3 cm³/mol. The number of nitrogens with one attached hydrogen (secondary N) is 1. The molecule has 5 heteroatoms. The van der Waals surface area contributed by atoms with Crippen LogP contribution in [-0.4, -0.2) is 66.3 Å². The van der Waals surface area contributed by atoms with Gasteiger partial charge in [0.15, 0.2) is 0 Å². The number of nitrogens with zero attached hydrogens (tertiary/aromatic N) is 2. The highest BCUT2D eigenvalue weighted by Crippen LogP contribution is 2.21. The number of hydrogen-bond acceptors (Lipinski definition) is 3. The van der Waals surface area contributed by atoms with E-state index in [0.29, 0.717) is 12.6 Å². The molecule has 5 nitrogen and oxygen atoms in total. The highest BCUT2D eigenvalue weighted by molar-refractivity contribution is 5.74. The Bertz CT molecular complexity index is 340. The van der Waals surface area contributed by atoms with Crippen LogP contribution in [0.1, 0.15) is 46.0 Å². The molecule has 122 valence electrons. The Morgan fingerprint density at radius 1 is 1.29 bits per heavy atom. The van der Waals surface area contributed by atoms with E-state index in [9.17, 15) is 9.90 Å². The molecular weight excluding hydrogens is 266 g/mol. The zero-order chi connectivity index (χ0) is 15.3. The third kappa shape index (κ3) is 4.85. The molecule has 1 atom stereocenters. The largest absolute Gasteiger partial charge is 0.396 e. The molecule has 0 bridgehead atoms. The molecule has 2 fully saturated rings. The minimum Gasteiger partial charge on any atom is -0.396 e. The smallest absolute Gasteiger partial charge is 0.317 e. The van der Waals surface area contributed by atoms with Crippen LogP contribution < -0.4 is 5.32 Å². The molecule has 0 saturated carbocycles. The molecule has 1 unspecified atom stereocenters. The van der Waals surface area contributed by atoms with Crippen molar-refractivity contribution in [3.05, 3.63) is 0 Å². The van der Waals surface area contributed by atoms with E-state index in [1.165, 1.54) is 25.9 Å². The summed E-state index contributed by atoms with van der Waals surface area (Å²) >= 11 is 0. The Morgan fingerprint density at radius 3 is 2.67 bits per heavy atom. The SMILES string of the molecule is CC(C)(CO)CCCNC(=O)N1CCC(N2CCCC2)C1. The summed E-state index contributed by atoms with van der Waals surface area (Å²) in [4.78, 5) is 16.6. The normalized spacial score (nSPS) is 23.8. The molecule has 0 aromatic rings. The van der Waals surface area contributed by atoms with E-state index in [2.05, 4.69) is 24.1 Å². The summed E-state index contributed by atoms with van der Waals surface area (Å²) in [6, 6.07) is 0.657. The molecule has 0 aromatic carbocycles. The Kier molecular flexibility index (Phi) is 5.88. The number of aliphatic hydroxyl groups excluding tert-OH is 1. The Hall–Kier alpha value is -0.810. The number of amides is 2. The first kappa shape index (κ1) is 16.6. The van der Waals surface area contributed by atoms with E-state index in [0.717, 1.165) is 32.4 Å². The third-order valence-corrected chi connectivity index (χ3v) is 4.84. The minimum atomic E-state index is -0.0424. The first-order chi connectivity index (χ1) is 10.0. The summed E-state index contributed by atoms with van der Waals surface area (Å²) in [5, 5.41) is 12.2. The van der Waals surface area contributed by atoms with E-state index >= 15 is 0 Å². The number of carbonyl (C=O) groups is 1. The van der Waals surface area contributed by atoms with Gasteiger partial charge in [-0.1, -0.05) is 13.8 Å². The monoisotopic (exact) mass is 297 g/mol. The van der Waals surface area contributed by atoms with Crippen molar-refractivity contribution < 1.29 is 9.90 Å². The predicted octanol–water partition coefficient (Wildman–Crippen LogP) is 1.66. The van der Waals surface area contributed by atoms with Gasteiger partial charge in [0, 0.05) is 32.3 Å². The molecule has 2 aliphatic heterocycles. The van der Waals surface area contributed by atoms with Gasteiger partial charge in [-0.3, -0.25) is 4.90 Å². The van der Waals surface area contributed by atoms with Gasteiger partial charge >= 0.3 is 6.03 Å². The van der Waals surface area contributed by atoms with Crippen molar-refractivity contribution in [2.75, 3.05) is 39.3 Å². The van der Waals surface area contributed by atoms with Crippen molar-refractivity contribution in [3.63, 3.8) is 0 Å². The van der Waals surface area contributed by atoms with E-state index in [4.69, 9.17) is 0 Å². The van der Waals surface area contributed by atoms with E-state index in [1.54, 1.807) is 0 Å². The van der Waals surface area contributed by atoms with Crippen LogP contribution in [0.4, 0.5) is 4.79 Å². The number of aliphatic hydroxyl groups is 1. The van der Waals surface area contributed by atoms with Crippen LogP contribution >= 0.6 is 0 Å². The van der Waals surface area contributed by atoms with Gasteiger partial charge in [-0.25, -0.2) is 4.79 Å². The second-order valence-electron chi connectivity index (χ2n) is 7.29. The van der Waals surface area contributed by atoms with Gasteiger partial charge in [-0.15, -0.1) is 0 Å². The lowest BCUT2D eigenvalue weighted by Crippen LogP contribution is -2.42. The summed E-state index contributed by atoms with van der Waals surface area (Å²) in [7, 11) is 0. The van der Waals surface area contributed by atoms with Crippen molar-refractivity contribution in [3.8, 4) is 0 Å². The van der Waals surface area contributed by atoms with Crippen LogP contribution in [0.25, 0.3) is 0 Å². The zero-order valence-electron chi connectivity index (χ0n) is 13.6. The van der Waals surface area contributed by atoms with Gasteiger partial charge in [-0.2, -0.15) is 0 Å². The maximum absolute atomic E-state index is 12.1. The molecule has 2 amide bonds. The lowest BCUT2D eigenvalue weighted by Gasteiger charge is -2.24. The van der Waals surface area contributed by atoms with Gasteiger partial charge in [0.25, 0.3) is 0 Å². The molecule has 2 heterocycles. The summed E-state index contributed by atoms with van der Waals surface area (Å²) in [6.45, 7) is 9.18. The molecule has 0 radical (unpaired) electrons. The first-order valence-electron chi connectivity index (χ1n) is 8.39. The Balaban J connectivity index is 1.63. The average molecular weight is 297 g/mol. The lowest BCUT2D eigenvalue weighted by atomic mass is 9.89. The van der Waals surface area contributed by atoms with E-state index in [1.807, 2.05) is 4.90 Å². The van der Waals surface area contributed by atoms with Crippen molar-refractivity contribution in [1.29, 1.82) is 0 Å². The highest BCUT2D eigenvalue weighted by Gasteiger charge is 2.31. The standard InChI is InChI=1S/C16H31N3O2/c1-16(2,13-20)7-5-8-17-15(21)19-11-6-14(12-19)18-9-3-4-10-18/h14,20H,3-13H2,1-2H3,(H,17,21). The summed E-state index contributed by atoms with van der Waals surface area (Å²) in [5.41, 5.74) is -0.0424. The van der Waals surface area contributed by atoms with Crippen LogP contribution in [0, 0.1) is 5.41 Å². The van der Waals surface area contributed by atoms with Crippen LogP contribution in [-0.2, 0) is 0 Å². The van der Waals surface area contributed by atoms with Crippen molar-refractivity contribution in [1.82, 2.24) is 15.1 Å². The van der Waals surface area contributed by atoms with Crippen LogP contribution in [0.3, 0.4) is 0 Å². The van der Waals surface area contributed by atoms with Gasteiger partial charge in [-0.05, 0) is 50.6 Å². The third-order valence-electron chi connectivity index (χ3n) is 4.84. The first-order valence-corrected chi connectivity index (χ1v) is 8.39. The Labute approximate surface area is 128 Å². The zero-order valence-corrected chi connectivity index (χ0v) is 13.6. The van der Waals surface area contributed by atoms with Gasteiger partial charge in [0.1, 0.15) is 0 Å². The fraction of sp³-hybridized carbons (Fsp3) is 0.938. The molecular formula is C16H31N3O2. The Morgan fingerprint density at radius 2 is 2.00 bits per heavy atom. The molecule has 0 aromatic heterocycles. The molecule has 0 aliphatic carbocycles. The molecule has 2 N–H and O–H groups in total. The van der Waals surface area contributed by atoms with Crippen molar-refractivity contribution in [2.45, 2.75) is 52.0 Å². The maximum Gasteiger partial charge on any atom is 0.317 e. The fourth-order valence-corrected chi connectivity index (χ4v) is 3.28. The van der Waals surface area contributed by atoms with Crippen LogP contribution in [0.5, 0.6) is 0 Å². The maximum atomic E-state index is 12.1. The number of likely N-dealkylation sites (tertiary alicyclic amines) is 2. The summed E-state index contributed by atoms with van der Waals surface area (Å²) in [5.74, 6) is 0. The molecule has 2 rings (SSSR count). The minimum absolute atomic E-state index is 0.0424. The second-order valence-corrected chi connectivity index (χ2v) is 7.29. The van der Waals surface area contributed by atoms with Gasteiger partial charge < -0.3 is 15.3 Å². The van der Waals surface area contributed by atoms with Gasteiger partial charge in [0.05, 0.1) is 0 Å². The van der Waals surface area contributed by atoms with Crippen LogP contribution in [0.15, 0.2) is 0 Å². The quantitative estimate of drug-likeness (QED) is 0.733. The average Bonchev–Trinajstić information content (AvgIpc) is 3.13. The topological polar surface area (TPSA) is 55.8 Å².